The SMILES string of the molecule is CCC1COC(C)CN1c1cc(C#N)cc(C)n1. The van der Waals surface area contributed by atoms with Crippen molar-refractivity contribution in [3.05, 3.63) is 23.4 Å². The Morgan fingerprint density at radius 3 is 3.00 bits per heavy atom. The van der Waals surface area contributed by atoms with E-state index in [-0.39, 0.29) is 6.10 Å². The smallest absolute Gasteiger partial charge is 0.130 e. The number of morpholine rings is 1. The summed E-state index contributed by atoms with van der Waals surface area (Å²) < 4.78 is 5.69. The maximum Gasteiger partial charge on any atom is 0.130 e. The van der Waals surface area contributed by atoms with Gasteiger partial charge in [-0.3, -0.25) is 0 Å². The normalized spacial score (nSPS) is 23.8. The van der Waals surface area contributed by atoms with Gasteiger partial charge in [0.1, 0.15) is 5.82 Å². The first-order valence-corrected chi connectivity index (χ1v) is 6.41. The first kappa shape index (κ1) is 12.8. The number of aromatic nitrogens is 1. The van der Waals surface area contributed by atoms with E-state index >= 15 is 0 Å². The van der Waals surface area contributed by atoms with Crippen molar-refractivity contribution < 1.29 is 4.74 Å². The Bertz CT molecular complexity index is 467. The van der Waals surface area contributed by atoms with E-state index in [4.69, 9.17) is 10.00 Å². The molecule has 96 valence electrons. The van der Waals surface area contributed by atoms with E-state index in [1.54, 1.807) is 0 Å². The van der Waals surface area contributed by atoms with E-state index in [0.29, 0.717) is 11.6 Å². The highest BCUT2D eigenvalue weighted by Crippen LogP contribution is 2.23. The van der Waals surface area contributed by atoms with Gasteiger partial charge in [-0.2, -0.15) is 5.26 Å². The van der Waals surface area contributed by atoms with Gasteiger partial charge in [-0.1, -0.05) is 6.92 Å². The van der Waals surface area contributed by atoms with Crippen LogP contribution in [-0.2, 0) is 4.74 Å². The van der Waals surface area contributed by atoms with E-state index < -0.39 is 0 Å². The molecule has 1 fully saturated rings. The van der Waals surface area contributed by atoms with Crippen molar-refractivity contribution in [2.45, 2.75) is 39.3 Å². The summed E-state index contributed by atoms with van der Waals surface area (Å²) in [7, 11) is 0. The predicted molar refractivity (Wildman–Crippen MR) is 70.5 cm³/mol. The molecule has 1 aliphatic heterocycles. The summed E-state index contributed by atoms with van der Waals surface area (Å²) in [4.78, 5) is 6.82. The van der Waals surface area contributed by atoms with Gasteiger partial charge >= 0.3 is 0 Å². The third-order valence-corrected chi connectivity index (χ3v) is 3.30. The molecule has 0 aliphatic carbocycles. The Morgan fingerprint density at radius 1 is 1.56 bits per heavy atom. The largest absolute Gasteiger partial charge is 0.375 e. The molecule has 0 aromatic carbocycles. The lowest BCUT2D eigenvalue weighted by Crippen LogP contribution is -2.49. The quantitative estimate of drug-likeness (QED) is 0.802. The highest BCUT2D eigenvalue weighted by molar-refractivity contribution is 5.47. The minimum Gasteiger partial charge on any atom is -0.375 e. The number of ether oxygens (including phenoxy) is 1. The summed E-state index contributed by atoms with van der Waals surface area (Å²) in [6.45, 7) is 7.71. The van der Waals surface area contributed by atoms with Crippen molar-refractivity contribution >= 4 is 5.82 Å². The molecule has 18 heavy (non-hydrogen) atoms. The number of rotatable bonds is 2. The van der Waals surface area contributed by atoms with Crippen LogP contribution in [-0.4, -0.2) is 30.3 Å². The Hall–Kier alpha value is -1.60. The summed E-state index contributed by atoms with van der Waals surface area (Å²) in [6, 6.07) is 6.23. The van der Waals surface area contributed by atoms with Crippen LogP contribution in [0.15, 0.2) is 12.1 Å². The van der Waals surface area contributed by atoms with Crippen molar-refractivity contribution in [2.24, 2.45) is 0 Å². The molecule has 0 amide bonds. The second-order valence-corrected chi connectivity index (χ2v) is 4.83. The lowest BCUT2D eigenvalue weighted by atomic mass is 10.1. The molecule has 0 N–H and O–H groups in total. The molecule has 2 heterocycles. The molecule has 2 atom stereocenters. The van der Waals surface area contributed by atoms with Crippen molar-refractivity contribution in [3.63, 3.8) is 0 Å². The maximum absolute atomic E-state index is 9.04. The van der Waals surface area contributed by atoms with Gasteiger partial charge < -0.3 is 9.64 Å². The van der Waals surface area contributed by atoms with Gasteiger partial charge in [-0.25, -0.2) is 4.98 Å². The number of pyridine rings is 1. The van der Waals surface area contributed by atoms with E-state index in [0.717, 1.165) is 31.1 Å². The van der Waals surface area contributed by atoms with Crippen LogP contribution in [0.2, 0.25) is 0 Å². The van der Waals surface area contributed by atoms with E-state index in [2.05, 4.69) is 29.8 Å². The number of hydrogen-bond donors (Lipinski definition) is 0. The fourth-order valence-corrected chi connectivity index (χ4v) is 2.33. The maximum atomic E-state index is 9.04. The molecular weight excluding hydrogens is 226 g/mol. The third kappa shape index (κ3) is 2.62. The average Bonchev–Trinajstić information content (AvgIpc) is 2.38. The Labute approximate surface area is 108 Å². The summed E-state index contributed by atoms with van der Waals surface area (Å²) in [5, 5.41) is 9.04. The van der Waals surface area contributed by atoms with Crippen LogP contribution in [0, 0.1) is 18.3 Å². The lowest BCUT2D eigenvalue weighted by Gasteiger charge is -2.39. The first-order chi connectivity index (χ1) is 8.63. The zero-order valence-corrected chi connectivity index (χ0v) is 11.2. The van der Waals surface area contributed by atoms with Crippen LogP contribution in [0.25, 0.3) is 0 Å². The molecule has 0 spiro atoms. The molecule has 1 aromatic heterocycles. The number of anilines is 1. The molecule has 4 nitrogen and oxygen atoms in total. The van der Waals surface area contributed by atoms with Crippen LogP contribution in [0.5, 0.6) is 0 Å². The number of nitrogens with zero attached hydrogens (tertiary/aromatic N) is 3. The van der Waals surface area contributed by atoms with Gasteiger partial charge in [0.25, 0.3) is 0 Å². The van der Waals surface area contributed by atoms with Gasteiger partial charge in [0.05, 0.1) is 30.4 Å². The van der Waals surface area contributed by atoms with Gasteiger partial charge in [0.15, 0.2) is 0 Å². The third-order valence-electron chi connectivity index (χ3n) is 3.30. The van der Waals surface area contributed by atoms with Crippen LogP contribution in [0.4, 0.5) is 5.82 Å². The highest BCUT2D eigenvalue weighted by Gasteiger charge is 2.26. The predicted octanol–water partition coefficient (Wildman–Crippen LogP) is 2.27. The molecule has 1 aliphatic rings. The second kappa shape index (κ2) is 5.36. The molecule has 1 aromatic rings. The van der Waals surface area contributed by atoms with Crippen LogP contribution < -0.4 is 4.90 Å². The van der Waals surface area contributed by atoms with Crippen molar-refractivity contribution in [3.8, 4) is 6.07 Å². The van der Waals surface area contributed by atoms with Gasteiger partial charge in [0, 0.05) is 12.2 Å². The molecular formula is C14H19N3O. The Kier molecular flexibility index (Phi) is 3.83. The molecule has 2 unspecified atom stereocenters. The Morgan fingerprint density at radius 2 is 2.33 bits per heavy atom. The summed E-state index contributed by atoms with van der Waals surface area (Å²) in [5.41, 5.74) is 1.56. The summed E-state index contributed by atoms with van der Waals surface area (Å²) in [6.07, 6.45) is 1.23. The van der Waals surface area contributed by atoms with Gasteiger partial charge in [0.2, 0.25) is 0 Å². The summed E-state index contributed by atoms with van der Waals surface area (Å²) >= 11 is 0. The Balaban J connectivity index is 2.33. The fraction of sp³-hybridized carbons (Fsp3) is 0.571. The molecule has 0 saturated carbocycles. The first-order valence-electron chi connectivity index (χ1n) is 6.41. The minimum atomic E-state index is 0.209. The number of nitriles is 1. The molecule has 0 bridgehead atoms. The zero-order valence-electron chi connectivity index (χ0n) is 11.2. The standard InChI is InChI=1S/C14H19N3O/c1-4-13-9-18-11(3)8-17(13)14-6-12(7-15)5-10(2)16-14/h5-6,11,13H,4,8-9H2,1-3H3. The van der Waals surface area contributed by atoms with Crippen LogP contribution in [0.3, 0.4) is 0 Å². The average molecular weight is 245 g/mol. The van der Waals surface area contributed by atoms with Gasteiger partial charge in [-0.15, -0.1) is 0 Å². The van der Waals surface area contributed by atoms with Gasteiger partial charge in [-0.05, 0) is 32.4 Å². The van der Waals surface area contributed by atoms with E-state index in [1.165, 1.54) is 0 Å². The van der Waals surface area contributed by atoms with E-state index in [1.807, 2.05) is 19.1 Å². The van der Waals surface area contributed by atoms with Crippen LogP contribution >= 0.6 is 0 Å². The number of aryl methyl sites for hydroxylation is 1. The lowest BCUT2D eigenvalue weighted by molar-refractivity contribution is 0.0296. The van der Waals surface area contributed by atoms with Crippen molar-refractivity contribution in [1.29, 1.82) is 5.26 Å². The monoisotopic (exact) mass is 245 g/mol. The fourth-order valence-electron chi connectivity index (χ4n) is 2.33. The van der Waals surface area contributed by atoms with Crippen LogP contribution in [0.1, 0.15) is 31.5 Å². The topological polar surface area (TPSA) is 49.1 Å². The molecule has 2 rings (SSSR count). The molecule has 1 saturated heterocycles. The molecule has 0 radical (unpaired) electrons. The second-order valence-electron chi connectivity index (χ2n) is 4.83. The molecule has 4 heteroatoms. The van der Waals surface area contributed by atoms with Crippen molar-refractivity contribution in [2.75, 3.05) is 18.1 Å². The number of hydrogen-bond acceptors (Lipinski definition) is 4. The zero-order chi connectivity index (χ0) is 13.1. The summed E-state index contributed by atoms with van der Waals surface area (Å²) in [5.74, 6) is 0.897. The highest BCUT2D eigenvalue weighted by atomic mass is 16.5. The van der Waals surface area contributed by atoms with Crippen molar-refractivity contribution in [1.82, 2.24) is 4.98 Å². The van der Waals surface area contributed by atoms with E-state index in [9.17, 15) is 0 Å². The minimum absolute atomic E-state index is 0.209.